The number of fused-ring (bicyclic) bond motifs is 1. The highest BCUT2D eigenvalue weighted by Gasteiger charge is 2.37. The average molecular weight is 443 g/mol. The van der Waals surface area contributed by atoms with Gasteiger partial charge in [-0.1, -0.05) is 13.3 Å². The predicted octanol–water partition coefficient (Wildman–Crippen LogP) is 2.74. The zero-order valence-electron chi connectivity index (χ0n) is 16.5. The van der Waals surface area contributed by atoms with Crippen molar-refractivity contribution in [3.05, 3.63) is 33.6 Å². The average Bonchev–Trinajstić information content (AvgIpc) is 3.45. The van der Waals surface area contributed by atoms with Gasteiger partial charge in [0.25, 0.3) is 0 Å². The van der Waals surface area contributed by atoms with Gasteiger partial charge in [-0.3, -0.25) is 4.79 Å². The van der Waals surface area contributed by atoms with Gasteiger partial charge < -0.3 is 26.0 Å². The molecule has 2 fully saturated rings. The zero-order valence-corrected chi connectivity index (χ0v) is 17.3. The summed E-state index contributed by atoms with van der Waals surface area (Å²) in [5.41, 5.74) is 9.37. The summed E-state index contributed by atoms with van der Waals surface area (Å²) in [6.45, 7) is 3.26. The molecule has 1 saturated carbocycles. The Morgan fingerprint density at radius 1 is 1.23 bits per heavy atom. The van der Waals surface area contributed by atoms with E-state index in [0.29, 0.717) is 19.6 Å². The molecule has 0 radical (unpaired) electrons. The van der Waals surface area contributed by atoms with E-state index in [1.807, 2.05) is 6.92 Å². The number of anilines is 2. The number of rotatable bonds is 5. The second kappa shape index (κ2) is 8.03. The molecular formula is C20H25ClF2N4O3. The Hall–Kier alpha value is -2.39. The van der Waals surface area contributed by atoms with E-state index < -0.39 is 39.7 Å². The molecule has 2 aromatic rings. The number of nitrogens with zero attached hydrogens (tertiary/aromatic N) is 2. The molecule has 0 unspecified atom stereocenters. The Kier molecular flexibility index (Phi) is 5.97. The maximum atomic E-state index is 15.7. The van der Waals surface area contributed by atoms with E-state index >= 15 is 8.78 Å². The van der Waals surface area contributed by atoms with Crippen molar-refractivity contribution in [2.24, 2.45) is 17.6 Å². The summed E-state index contributed by atoms with van der Waals surface area (Å²) in [6.07, 6.45) is 3.43. The molecule has 164 valence electrons. The molecule has 1 saturated heterocycles. The third-order valence-corrected chi connectivity index (χ3v) is 6.25. The smallest absolute Gasteiger partial charge is 0.341 e. The van der Waals surface area contributed by atoms with E-state index in [0.717, 1.165) is 25.5 Å². The van der Waals surface area contributed by atoms with E-state index in [1.54, 1.807) is 4.90 Å². The van der Waals surface area contributed by atoms with E-state index in [2.05, 4.69) is 0 Å². The Bertz CT molecular complexity index is 1060. The zero-order chi connectivity index (χ0) is 21.0. The van der Waals surface area contributed by atoms with Gasteiger partial charge >= 0.3 is 5.97 Å². The molecule has 1 aliphatic heterocycles. The van der Waals surface area contributed by atoms with Gasteiger partial charge in [0, 0.05) is 25.3 Å². The minimum Gasteiger partial charge on any atom is -0.477 e. The van der Waals surface area contributed by atoms with Crippen molar-refractivity contribution in [2.45, 2.75) is 32.2 Å². The first-order valence-corrected chi connectivity index (χ1v) is 9.83. The Labute approximate surface area is 178 Å². The largest absolute Gasteiger partial charge is 0.477 e. The molecule has 7 nitrogen and oxygen atoms in total. The number of carboxylic acids is 1. The topological polar surface area (TPSA) is 115 Å². The van der Waals surface area contributed by atoms with Crippen LogP contribution in [0.5, 0.6) is 0 Å². The van der Waals surface area contributed by atoms with Crippen LogP contribution in [0.1, 0.15) is 42.6 Å². The van der Waals surface area contributed by atoms with Crippen LogP contribution in [0.3, 0.4) is 0 Å². The van der Waals surface area contributed by atoms with Crippen molar-refractivity contribution in [1.29, 1.82) is 0 Å². The fraction of sp³-hybridized carbons (Fsp3) is 0.500. The van der Waals surface area contributed by atoms with E-state index in [4.69, 9.17) is 11.5 Å². The van der Waals surface area contributed by atoms with E-state index in [1.165, 1.54) is 4.57 Å². The minimum atomic E-state index is -1.45. The predicted molar refractivity (Wildman–Crippen MR) is 114 cm³/mol. The molecule has 4 rings (SSSR count). The molecule has 0 spiro atoms. The number of carboxylic acid groups (broad SMARTS) is 1. The molecule has 2 atom stereocenters. The molecule has 0 amide bonds. The monoisotopic (exact) mass is 442 g/mol. The highest BCUT2D eigenvalue weighted by molar-refractivity contribution is 5.99. The summed E-state index contributed by atoms with van der Waals surface area (Å²) in [6, 6.07) is -0.137. The Balaban J connectivity index is 0.00000256. The summed E-state index contributed by atoms with van der Waals surface area (Å²) >= 11 is 0. The normalized spacial score (nSPS) is 21.1. The molecule has 1 aliphatic carbocycles. The van der Waals surface area contributed by atoms with E-state index in [9.17, 15) is 14.7 Å². The Morgan fingerprint density at radius 3 is 2.37 bits per heavy atom. The van der Waals surface area contributed by atoms with E-state index in [-0.39, 0.29) is 41.5 Å². The number of carbonyl (C=O) groups is 1. The van der Waals surface area contributed by atoms with Crippen molar-refractivity contribution in [3.8, 4) is 0 Å². The number of aromatic nitrogens is 1. The minimum absolute atomic E-state index is 0. The van der Waals surface area contributed by atoms with Crippen LogP contribution >= 0.6 is 12.4 Å². The van der Waals surface area contributed by atoms with Gasteiger partial charge in [-0.25, -0.2) is 13.6 Å². The maximum absolute atomic E-state index is 15.7. The fourth-order valence-corrected chi connectivity index (χ4v) is 4.47. The van der Waals surface area contributed by atoms with Crippen LogP contribution in [0.15, 0.2) is 11.0 Å². The summed E-state index contributed by atoms with van der Waals surface area (Å²) in [7, 11) is 0. The molecular weight excluding hydrogens is 418 g/mol. The molecule has 1 aromatic heterocycles. The summed E-state index contributed by atoms with van der Waals surface area (Å²) in [4.78, 5) is 25.8. The number of halogens is 3. The second-order valence-electron chi connectivity index (χ2n) is 8.00. The summed E-state index contributed by atoms with van der Waals surface area (Å²) in [5.74, 6) is -3.04. The van der Waals surface area contributed by atoms with Crippen molar-refractivity contribution < 1.29 is 18.7 Å². The van der Waals surface area contributed by atoms with Gasteiger partial charge in [0.05, 0.1) is 16.6 Å². The van der Waals surface area contributed by atoms with Crippen LogP contribution in [-0.2, 0) is 0 Å². The number of benzene rings is 1. The van der Waals surface area contributed by atoms with Crippen molar-refractivity contribution in [1.82, 2.24) is 4.57 Å². The molecule has 2 aliphatic rings. The second-order valence-corrected chi connectivity index (χ2v) is 8.00. The number of hydrogen-bond acceptors (Lipinski definition) is 5. The van der Waals surface area contributed by atoms with Gasteiger partial charge in [-0.2, -0.15) is 0 Å². The first-order valence-electron chi connectivity index (χ1n) is 9.83. The maximum Gasteiger partial charge on any atom is 0.341 e. The number of aromatic carboxylic acids is 1. The van der Waals surface area contributed by atoms with Gasteiger partial charge in [-0.15, -0.1) is 12.4 Å². The van der Waals surface area contributed by atoms with Crippen LogP contribution in [0, 0.1) is 23.5 Å². The lowest BCUT2D eigenvalue weighted by molar-refractivity contribution is 0.0695. The fourth-order valence-electron chi connectivity index (χ4n) is 4.47. The molecule has 10 heteroatoms. The molecule has 0 bridgehead atoms. The van der Waals surface area contributed by atoms with Crippen molar-refractivity contribution in [3.63, 3.8) is 0 Å². The third kappa shape index (κ3) is 3.30. The SMILES string of the molecule is CC[C@H]1CN(c2c(F)c(N)c3c(=O)c(C(=O)O)cn(C4CC4)c3c2F)C[C@@H]1CN.Cl. The first kappa shape index (κ1) is 22.3. The van der Waals surface area contributed by atoms with Crippen LogP contribution in [0.4, 0.5) is 20.2 Å². The first-order chi connectivity index (χ1) is 13.8. The Morgan fingerprint density at radius 2 is 1.87 bits per heavy atom. The highest BCUT2D eigenvalue weighted by Crippen LogP contribution is 2.43. The number of pyridine rings is 1. The van der Waals surface area contributed by atoms with Crippen LogP contribution in [0.2, 0.25) is 0 Å². The standard InChI is InChI=1S/C20H24F2N4O3.ClH/c1-2-9-6-25(7-10(9)5-23)18-14(21)16(24)13-17(15(18)22)26(11-3-4-11)8-12(19(13)27)20(28)29;/h8-11H,2-7,23-24H2,1H3,(H,28,29);1H/t9-,10-;/m0./s1. The lowest BCUT2D eigenvalue weighted by Crippen LogP contribution is -2.27. The highest BCUT2D eigenvalue weighted by atomic mass is 35.5. The summed E-state index contributed by atoms with van der Waals surface area (Å²) in [5, 5.41) is 8.95. The lowest BCUT2D eigenvalue weighted by atomic mass is 9.94. The molecule has 30 heavy (non-hydrogen) atoms. The number of nitrogens with two attached hydrogens (primary N) is 2. The van der Waals surface area contributed by atoms with Crippen LogP contribution in [0.25, 0.3) is 10.9 Å². The molecule has 2 heterocycles. The number of nitrogen functional groups attached to an aromatic ring is 1. The molecule has 5 N–H and O–H groups in total. The van der Waals surface area contributed by atoms with Crippen molar-refractivity contribution in [2.75, 3.05) is 30.3 Å². The molecule has 1 aromatic carbocycles. The van der Waals surface area contributed by atoms with Crippen LogP contribution < -0.4 is 21.8 Å². The quantitative estimate of drug-likeness (QED) is 0.613. The summed E-state index contributed by atoms with van der Waals surface area (Å²) < 4.78 is 32.4. The van der Waals surface area contributed by atoms with Gasteiger partial charge in [0.2, 0.25) is 5.43 Å². The van der Waals surface area contributed by atoms with Gasteiger partial charge in [-0.05, 0) is 31.2 Å². The van der Waals surface area contributed by atoms with Crippen LogP contribution in [-0.4, -0.2) is 35.3 Å². The van der Waals surface area contributed by atoms with Gasteiger partial charge in [0.1, 0.15) is 11.3 Å². The third-order valence-electron chi connectivity index (χ3n) is 6.25. The number of hydrogen-bond donors (Lipinski definition) is 3. The van der Waals surface area contributed by atoms with Gasteiger partial charge in [0.15, 0.2) is 11.6 Å². The van der Waals surface area contributed by atoms with Crippen molar-refractivity contribution >= 4 is 40.7 Å². The lowest BCUT2D eigenvalue weighted by Gasteiger charge is -2.24.